The van der Waals surface area contributed by atoms with Gasteiger partial charge in [0, 0.05) is 11.0 Å². The summed E-state index contributed by atoms with van der Waals surface area (Å²) in [6.45, 7) is 4.27. The van der Waals surface area contributed by atoms with Gasteiger partial charge < -0.3 is 9.73 Å². The largest absolute Gasteiger partial charge is 0.444 e. The average Bonchev–Trinajstić information content (AvgIpc) is 3.19. The van der Waals surface area contributed by atoms with Gasteiger partial charge in [-0.3, -0.25) is 0 Å². The monoisotopic (exact) mass is 354 g/mol. The van der Waals surface area contributed by atoms with Gasteiger partial charge >= 0.3 is 0 Å². The van der Waals surface area contributed by atoms with Gasteiger partial charge in [0.15, 0.2) is 12.2 Å². The Morgan fingerprint density at radius 2 is 1.96 bits per heavy atom. The maximum absolute atomic E-state index is 6.38. The van der Waals surface area contributed by atoms with Crippen LogP contribution in [0, 0.1) is 5.92 Å². The third-order valence-electron chi connectivity index (χ3n) is 5.57. The molecule has 4 rings (SSSR count). The number of rotatable bonds is 3. The first-order valence-corrected chi connectivity index (χ1v) is 9.37. The predicted octanol–water partition coefficient (Wildman–Crippen LogP) is 4.70. The van der Waals surface area contributed by atoms with Gasteiger partial charge in [-0.15, -0.1) is 11.6 Å². The van der Waals surface area contributed by atoms with Gasteiger partial charge in [0.05, 0.1) is 11.6 Å². The SMILES string of the molecule is CC1C=C(C2(c3ccc(-c4cnco4)cc3)CCNCC2)C=CC1Cl. The highest BCUT2D eigenvalue weighted by Gasteiger charge is 2.37. The van der Waals surface area contributed by atoms with E-state index in [0.717, 1.165) is 37.3 Å². The van der Waals surface area contributed by atoms with Crippen LogP contribution in [0.25, 0.3) is 11.3 Å². The minimum Gasteiger partial charge on any atom is -0.444 e. The summed E-state index contributed by atoms with van der Waals surface area (Å²) >= 11 is 6.38. The molecule has 2 unspecified atom stereocenters. The number of halogens is 1. The number of piperidine rings is 1. The molecule has 1 aliphatic heterocycles. The van der Waals surface area contributed by atoms with E-state index in [1.54, 1.807) is 6.20 Å². The van der Waals surface area contributed by atoms with Crippen LogP contribution < -0.4 is 5.32 Å². The first-order valence-electron chi connectivity index (χ1n) is 8.94. The van der Waals surface area contributed by atoms with Crippen molar-refractivity contribution in [1.82, 2.24) is 10.3 Å². The third-order valence-corrected chi connectivity index (χ3v) is 6.11. The fourth-order valence-corrected chi connectivity index (χ4v) is 4.18. The molecule has 1 saturated heterocycles. The van der Waals surface area contributed by atoms with E-state index < -0.39 is 0 Å². The van der Waals surface area contributed by atoms with Crippen LogP contribution >= 0.6 is 11.6 Å². The number of hydrogen-bond acceptors (Lipinski definition) is 3. The Morgan fingerprint density at radius 3 is 2.60 bits per heavy atom. The van der Waals surface area contributed by atoms with Crippen molar-refractivity contribution in [2.45, 2.75) is 30.6 Å². The summed E-state index contributed by atoms with van der Waals surface area (Å²) in [4.78, 5) is 4.01. The zero-order valence-corrected chi connectivity index (χ0v) is 15.2. The topological polar surface area (TPSA) is 38.1 Å². The molecule has 130 valence electrons. The Hall–Kier alpha value is -1.84. The van der Waals surface area contributed by atoms with E-state index in [1.165, 1.54) is 17.5 Å². The summed E-state index contributed by atoms with van der Waals surface area (Å²) in [5, 5.41) is 3.60. The van der Waals surface area contributed by atoms with Crippen LogP contribution in [-0.4, -0.2) is 23.5 Å². The Morgan fingerprint density at radius 1 is 1.20 bits per heavy atom. The van der Waals surface area contributed by atoms with Gasteiger partial charge in [0.1, 0.15) is 0 Å². The van der Waals surface area contributed by atoms with Gasteiger partial charge in [0.25, 0.3) is 0 Å². The number of nitrogens with zero attached hydrogens (tertiary/aromatic N) is 1. The molecule has 0 saturated carbocycles. The zero-order valence-electron chi connectivity index (χ0n) is 14.4. The molecule has 4 heteroatoms. The summed E-state index contributed by atoms with van der Waals surface area (Å²) in [7, 11) is 0. The van der Waals surface area contributed by atoms with Gasteiger partial charge in [-0.25, -0.2) is 4.98 Å². The smallest absolute Gasteiger partial charge is 0.181 e. The number of allylic oxidation sites excluding steroid dienone is 4. The molecule has 3 nitrogen and oxygen atoms in total. The summed E-state index contributed by atoms with van der Waals surface area (Å²) < 4.78 is 5.41. The van der Waals surface area contributed by atoms with Crippen molar-refractivity contribution < 1.29 is 4.42 Å². The molecule has 1 N–H and O–H groups in total. The van der Waals surface area contributed by atoms with Crippen molar-refractivity contribution in [1.29, 1.82) is 0 Å². The van der Waals surface area contributed by atoms with Gasteiger partial charge in [-0.05, 0) is 43.0 Å². The summed E-state index contributed by atoms with van der Waals surface area (Å²) in [5.74, 6) is 1.17. The molecule has 2 atom stereocenters. The molecule has 1 aromatic carbocycles. The average molecular weight is 355 g/mol. The molecule has 0 spiro atoms. The molecular formula is C21H23ClN2O. The van der Waals surface area contributed by atoms with E-state index >= 15 is 0 Å². The van der Waals surface area contributed by atoms with Crippen LogP contribution in [0.1, 0.15) is 25.3 Å². The van der Waals surface area contributed by atoms with E-state index in [-0.39, 0.29) is 10.8 Å². The highest BCUT2D eigenvalue weighted by molar-refractivity contribution is 6.22. The molecule has 2 aromatic rings. The summed E-state index contributed by atoms with van der Waals surface area (Å²) in [5.41, 5.74) is 3.90. The second-order valence-corrected chi connectivity index (χ2v) is 7.56. The molecule has 25 heavy (non-hydrogen) atoms. The van der Waals surface area contributed by atoms with E-state index in [1.807, 2.05) is 0 Å². The highest BCUT2D eigenvalue weighted by atomic mass is 35.5. The Labute approximate surface area is 153 Å². The van der Waals surface area contributed by atoms with Crippen LogP contribution in [0.5, 0.6) is 0 Å². The normalized spacial score (nSPS) is 25.6. The Balaban J connectivity index is 1.72. The molecular weight excluding hydrogens is 332 g/mol. The van der Waals surface area contributed by atoms with Gasteiger partial charge in [-0.1, -0.05) is 49.4 Å². The van der Waals surface area contributed by atoms with Crippen molar-refractivity contribution in [3.8, 4) is 11.3 Å². The lowest BCUT2D eigenvalue weighted by Crippen LogP contribution is -2.41. The fourth-order valence-electron chi connectivity index (χ4n) is 4.03. The lowest BCUT2D eigenvalue weighted by molar-refractivity contribution is 0.358. The summed E-state index contributed by atoms with van der Waals surface area (Å²) in [6.07, 6.45) is 12.2. The van der Waals surface area contributed by atoms with Crippen LogP contribution in [-0.2, 0) is 5.41 Å². The van der Waals surface area contributed by atoms with Crippen LogP contribution in [0.15, 0.2) is 65.1 Å². The number of nitrogens with one attached hydrogen (secondary N) is 1. The van der Waals surface area contributed by atoms with Crippen molar-refractivity contribution in [2.75, 3.05) is 13.1 Å². The van der Waals surface area contributed by atoms with Gasteiger partial charge in [0.2, 0.25) is 0 Å². The molecule has 1 aliphatic carbocycles. The van der Waals surface area contributed by atoms with E-state index in [0.29, 0.717) is 5.92 Å². The molecule has 0 radical (unpaired) electrons. The van der Waals surface area contributed by atoms with Crippen molar-refractivity contribution in [3.05, 3.63) is 66.2 Å². The van der Waals surface area contributed by atoms with E-state index in [4.69, 9.17) is 16.0 Å². The fraction of sp³-hybridized carbons (Fsp3) is 0.381. The van der Waals surface area contributed by atoms with Gasteiger partial charge in [-0.2, -0.15) is 0 Å². The molecule has 2 aliphatic rings. The lowest BCUT2D eigenvalue weighted by Gasteiger charge is -2.41. The third kappa shape index (κ3) is 3.07. The van der Waals surface area contributed by atoms with Crippen LogP contribution in [0.2, 0.25) is 0 Å². The maximum atomic E-state index is 6.38. The maximum Gasteiger partial charge on any atom is 0.181 e. The molecule has 2 heterocycles. The minimum absolute atomic E-state index is 0.0625. The standard InChI is InChI=1S/C21H23ClN2O/c1-15-12-18(6-7-19(15)22)21(8-10-23-11-9-21)17-4-2-16(3-5-17)20-13-24-14-25-20/h2-7,12-15,19,23H,8-11H2,1H3. The molecule has 1 fully saturated rings. The van der Waals surface area contributed by atoms with E-state index in [9.17, 15) is 0 Å². The molecule has 0 bridgehead atoms. The van der Waals surface area contributed by atoms with Crippen molar-refractivity contribution in [3.63, 3.8) is 0 Å². The number of aromatic nitrogens is 1. The summed E-state index contributed by atoms with van der Waals surface area (Å²) in [6, 6.07) is 8.77. The lowest BCUT2D eigenvalue weighted by atomic mass is 9.66. The van der Waals surface area contributed by atoms with Crippen molar-refractivity contribution >= 4 is 11.6 Å². The Kier molecular flexibility index (Phi) is 4.53. The molecule has 1 aromatic heterocycles. The number of alkyl halides is 1. The van der Waals surface area contributed by atoms with Crippen molar-refractivity contribution in [2.24, 2.45) is 5.92 Å². The van der Waals surface area contributed by atoms with Crippen LogP contribution in [0.3, 0.4) is 0 Å². The second kappa shape index (κ2) is 6.81. The zero-order chi connectivity index (χ0) is 17.3. The first-order chi connectivity index (χ1) is 12.2. The Bertz CT molecular complexity index is 771. The number of benzene rings is 1. The number of oxazole rings is 1. The highest BCUT2D eigenvalue weighted by Crippen LogP contribution is 2.43. The first kappa shape index (κ1) is 16.6. The quantitative estimate of drug-likeness (QED) is 0.812. The van der Waals surface area contributed by atoms with E-state index in [2.05, 4.69) is 59.7 Å². The number of hydrogen-bond donors (Lipinski definition) is 1. The minimum atomic E-state index is 0.0625. The predicted molar refractivity (Wildman–Crippen MR) is 102 cm³/mol. The molecule has 0 amide bonds. The van der Waals surface area contributed by atoms with Crippen LogP contribution in [0.4, 0.5) is 0 Å². The second-order valence-electron chi connectivity index (χ2n) is 7.06.